The predicted molar refractivity (Wildman–Crippen MR) is 111 cm³/mol. The fourth-order valence-electron chi connectivity index (χ4n) is 1.70. The average molecular weight is 466 g/mol. The van der Waals surface area contributed by atoms with Crippen molar-refractivity contribution in [2.75, 3.05) is 45.6 Å². The second-order valence-electron chi connectivity index (χ2n) is 4.63. The summed E-state index contributed by atoms with van der Waals surface area (Å²) in [5, 5.41) is 9.09. The van der Waals surface area contributed by atoms with Crippen molar-refractivity contribution in [2.24, 2.45) is 4.99 Å². The first-order valence-corrected chi connectivity index (χ1v) is 8.70. The minimum Gasteiger partial charge on any atom is -0.383 e. The van der Waals surface area contributed by atoms with Gasteiger partial charge < -0.3 is 20.7 Å². The number of halogens is 1. The Hall–Kier alpha value is -1.000. The summed E-state index contributed by atoms with van der Waals surface area (Å²) in [6.07, 6.45) is 0. The highest BCUT2D eigenvalue weighted by atomic mass is 127. The fraction of sp³-hybridized carbons (Fsp3) is 0.500. The van der Waals surface area contributed by atoms with Crippen molar-refractivity contribution in [3.05, 3.63) is 30.3 Å². The summed E-state index contributed by atoms with van der Waals surface area (Å²) < 4.78 is 4.88. The summed E-state index contributed by atoms with van der Waals surface area (Å²) in [5.74, 6) is 1.47. The highest BCUT2D eigenvalue weighted by molar-refractivity contribution is 14.0. The number of rotatable bonds is 10. The maximum absolute atomic E-state index is 11.6. The Bertz CT molecular complexity index is 474. The number of hydrogen-bond donors (Lipinski definition) is 3. The van der Waals surface area contributed by atoms with Crippen LogP contribution >= 0.6 is 35.7 Å². The molecular weight excluding hydrogens is 439 g/mol. The van der Waals surface area contributed by atoms with E-state index in [4.69, 9.17) is 4.74 Å². The lowest BCUT2D eigenvalue weighted by atomic mass is 10.4. The number of guanidine groups is 1. The van der Waals surface area contributed by atoms with Gasteiger partial charge in [0.05, 0.1) is 6.61 Å². The van der Waals surface area contributed by atoms with Gasteiger partial charge in [0.1, 0.15) is 6.54 Å². The summed E-state index contributed by atoms with van der Waals surface area (Å²) in [4.78, 5) is 17.1. The van der Waals surface area contributed by atoms with E-state index in [0.717, 1.165) is 18.8 Å². The monoisotopic (exact) mass is 466 g/mol. The smallest absolute Gasteiger partial charge is 0.241 e. The number of carbonyl (C=O) groups is 1. The molecule has 0 aliphatic rings. The Morgan fingerprint density at radius 1 is 1.17 bits per heavy atom. The molecule has 0 aromatic heterocycles. The average Bonchev–Trinajstić information content (AvgIpc) is 2.57. The fourth-order valence-corrected chi connectivity index (χ4v) is 2.49. The van der Waals surface area contributed by atoms with Gasteiger partial charge in [-0.05, 0) is 19.1 Å². The maximum Gasteiger partial charge on any atom is 0.241 e. The molecule has 3 N–H and O–H groups in total. The van der Waals surface area contributed by atoms with Crippen molar-refractivity contribution >= 4 is 47.6 Å². The molecule has 0 aliphatic carbocycles. The number of benzene rings is 1. The van der Waals surface area contributed by atoms with E-state index in [9.17, 15) is 4.79 Å². The summed E-state index contributed by atoms with van der Waals surface area (Å²) in [6.45, 7) is 4.63. The van der Waals surface area contributed by atoms with E-state index < -0.39 is 0 Å². The number of methoxy groups -OCH3 is 1. The van der Waals surface area contributed by atoms with Crippen LogP contribution in [0.15, 0.2) is 40.2 Å². The lowest BCUT2D eigenvalue weighted by molar-refractivity contribution is -0.119. The Morgan fingerprint density at radius 3 is 2.58 bits per heavy atom. The number of amides is 1. The molecule has 0 fully saturated rings. The van der Waals surface area contributed by atoms with Crippen LogP contribution in [0.3, 0.4) is 0 Å². The van der Waals surface area contributed by atoms with Crippen LogP contribution in [-0.4, -0.2) is 57.5 Å². The summed E-state index contributed by atoms with van der Waals surface area (Å²) >= 11 is 1.78. The van der Waals surface area contributed by atoms with Crippen LogP contribution in [0, 0.1) is 0 Å². The highest BCUT2D eigenvalue weighted by Gasteiger charge is 2.01. The topological polar surface area (TPSA) is 74.8 Å². The number of carbonyl (C=O) groups excluding carboxylic acids is 1. The van der Waals surface area contributed by atoms with Crippen molar-refractivity contribution in [2.45, 2.75) is 11.8 Å². The lowest BCUT2D eigenvalue weighted by Crippen LogP contribution is -2.39. The molecule has 0 aliphatic heterocycles. The number of nitrogens with one attached hydrogen (secondary N) is 3. The molecule has 1 rings (SSSR count). The predicted octanol–water partition coefficient (Wildman–Crippen LogP) is 1.71. The van der Waals surface area contributed by atoms with Crippen LogP contribution in [0.5, 0.6) is 0 Å². The molecule has 0 saturated carbocycles. The molecule has 1 aromatic rings. The molecule has 0 saturated heterocycles. The first kappa shape index (κ1) is 23.0. The van der Waals surface area contributed by atoms with Crippen molar-refractivity contribution < 1.29 is 9.53 Å². The molecule has 0 unspecified atom stereocenters. The Balaban J connectivity index is 0.00000529. The second kappa shape index (κ2) is 15.5. The zero-order valence-electron chi connectivity index (χ0n) is 14.2. The molecule has 0 atom stereocenters. The first-order chi connectivity index (χ1) is 11.3. The van der Waals surface area contributed by atoms with Crippen LogP contribution in [0.25, 0.3) is 0 Å². The van der Waals surface area contributed by atoms with E-state index in [1.807, 2.05) is 25.1 Å². The van der Waals surface area contributed by atoms with Crippen molar-refractivity contribution in [1.82, 2.24) is 16.0 Å². The van der Waals surface area contributed by atoms with Crippen LogP contribution in [0.4, 0.5) is 0 Å². The largest absolute Gasteiger partial charge is 0.383 e. The molecule has 136 valence electrons. The number of thioether (sulfide) groups is 1. The first-order valence-electron chi connectivity index (χ1n) is 7.72. The number of hydrogen-bond acceptors (Lipinski definition) is 4. The standard InChI is InChI=1S/C16H26N4O2S.HI/c1-3-17-16(20-13-15(21)18-9-11-22-2)19-10-12-23-14-7-5-4-6-8-14;/h4-8H,3,9-13H2,1-2H3,(H,18,21)(H2,17,19,20);1H. The van der Waals surface area contributed by atoms with Gasteiger partial charge in [0.15, 0.2) is 5.96 Å². The van der Waals surface area contributed by atoms with Gasteiger partial charge in [-0.2, -0.15) is 0 Å². The SMILES string of the molecule is CCNC(=NCC(=O)NCCOC)NCCSc1ccccc1.I. The lowest BCUT2D eigenvalue weighted by Gasteiger charge is -2.11. The van der Waals surface area contributed by atoms with Gasteiger partial charge in [-0.3, -0.25) is 4.79 Å². The summed E-state index contributed by atoms with van der Waals surface area (Å²) in [6, 6.07) is 10.3. The van der Waals surface area contributed by atoms with Crippen molar-refractivity contribution in [3.63, 3.8) is 0 Å². The summed E-state index contributed by atoms with van der Waals surface area (Å²) in [7, 11) is 1.60. The Labute approximate surface area is 165 Å². The number of nitrogens with zero attached hydrogens (tertiary/aromatic N) is 1. The number of aliphatic imine (C=N–C) groups is 1. The number of ether oxygens (including phenoxy) is 1. The van der Waals surface area contributed by atoms with E-state index >= 15 is 0 Å². The van der Waals surface area contributed by atoms with Gasteiger partial charge in [0.25, 0.3) is 0 Å². The summed E-state index contributed by atoms with van der Waals surface area (Å²) in [5.41, 5.74) is 0. The molecular formula is C16H27IN4O2S. The van der Waals surface area contributed by atoms with Crippen molar-refractivity contribution in [1.29, 1.82) is 0 Å². The van der Waals surface area contributed by atoms with Crippen LogP contribution < -0.4 is 16.0 Å². The van der Waals surface area contributed by atoms with Gasteiger partial charge >= 0.3 is 0 Å². The molecule has 0 heterocycles. The van der Waals surface area contributed by atoms with Gasteiger partial charge in [0.2, 0.25) is 5.91 Å². The third-order valence-corrected chi connectivity index (χ3v) is 3.77. The van der Waals surface area contributed by atoms with Crippen LogP contribution in [-0.2, 0) is 9.53 Å². The third kappa shape index (κ3) is 11.5. The van der Waals surface area contributed by atoms with E-state index in [-0.39, 0.29) is 36.4 Å². The highest BCUT2D eigenvalue weighted by Crippen LogP contribution is 2.15. The van der Waals surface area contributed by atoms with E-state index in [2.05, 4.69) is 33.1 Å². The molecule has 1 amide bonds. The van der Waals surface area contributed by atoms with Gasteiger partial charge in [-0.15, -0.1) is 35.7 Å². The Kier molecular flexibility index (Phi) is 14.9. The Morgan fingerprint density at radius 2 is 1.92 bits per heavy atom. The van der Waals surface area contributed by atoms with Crippen LogP contribution in [0.1, 0.15) is 6.92 Å². The normalized spacial score (nSPS) is 10.7. The van der Waals surface area contributed by atoms with Crippen LogP contribution in [0.2, 0.25) is 0 Å². The van der Waals surface area contributed by atoms with Gasteiger partial charge in [-0.1, -0.05) is 18.2 Å². The van der Waals surface area contributed by atoms with E-state index in [1.54, 1.807) is 18.9 Å². The molecule has 8 heteroatoms. The second-order valence-corrected chi connectivity index (χ2v) is 5.79. The molecule has 1 aromatic carbocycles. The molecule has 0 bridgehead atoms. The molecule has 0 spiro atoms. The molecule has 0 radical (unpaired) electrons. The van der Waals surface area contributed by atoms with E-state index in [1.165, 1.54) is 4.90 Å². The maximum atomic E-state index is 11.6. The zero-order chi connectivity index (χ0) is 16.8. The quantitative estimate of drug-likeness (QED) is 0.161. The zero-order valence-corrected chi connectivity index (χ0v) is 17.4. The minimum atomic E-state index is -0.113. The van der Waals surface area contributed by atoms with Gasteiger partial charge in [-0.25, -0.2) is 4.99 Å². The van der Waals surface area contributed by atoms with E-state index in [0.29, 0.717) is 19.1 Å². The third-order valence-electron chi connectivity index (χ3n) is 2.76. The van der Waals surface area contributed by atoms with Gasteiger partial charge in [0, 0.05) is 37.4 Å². The molecule has 24 heavy (non-hydrogen) atoms. The minimum absolute atomic E-state index is 0. The van der Waals surface area contributed by atoms with Crippen molar-refractivity contribution in [3.8, 4) is 0 Å². The molecule has 6 nitrogen and oxygen atoms in total.